The highest BCUT2D eigenvalue weighted by Crippen LogP contribution is 2.22. The van der Waals surface area contributed by atoms with E-state index < -0.39 is 4.92 Å². The van der Waals surface area contributed by atoms with Crippen LogP contribution in [0.1, 0.15) is 6.42 Å². The number of hydrogen-bond acceptors (Lipinski definition) is 7. The number of thioether (sulfide) groups is 1. The van der Waals surface area contributed by atoms with Gasteiger partial charge in [0.05, 0.1) is 4.92 Å². The molecule has 1 N–H and O–H groups in total. The largest absolute Gasteiger partial charge is 0.364 e. The zero-order chi connectivity index (χ0) is 13.5. The van der Waals surface area contributed by atoms with Gasteiger partial charge in [-0.1, -0.05) is 11.8 Å². The number of nitro groups is 1. The van der Waals surface area contributed by atoms with E-state index in [0.29, 0.717) is 12.4 Å². The van der Waals surface area contributed by atoms with E-state index in [9.17, 15) is 10.1 Å². The average Bonchev–Trinajstić information content (AvgIpc) is 2.92. The van der Waals surface area contributed by atoms with Gasteiger partial charge in [0.2, 0.25) is 5.82 Å². The Kier molecular flexibility index (Phi) is 5.10. The number of thiazole rings is 1. The lowest BCUT2D eigenvalue weighted by Crippen LogP contribution is -2.06. The molecule has 0 saturated heterocycles. The first-order valence-electron chi connectivity index (χ1n) is 5.63. The van der Waals surface area contributed by atoms with E-state index in [0.717, 1.165) is 16.5 Å². The van der Waals surface area contributed by atoms with Crippen molar-refractivity contribution in [2.75, 3.05) is 17.6 Å². The number of nitrogens with zero attached hydrogens (tertiary/aromatic N) is 3. The molecule has 0 aliphatic carbocycles. The van der Waals surface area contributed by atoms with Crippen LogP contribution in [0.5, 0.6) is 0 Å². The summed E-state index contributed by atoms with van der Waals surface area (Å²) in [5.41, 5.74) is 0.00933. The molecule has 0 spiro atoms. The van der Waals surface area contributed by atoms with E-state index in [4.69, 9.17) is 0 Å². The molecule has 2 aromatic rings. The summed E-state index contributed by atoms with van der Waals surface area (Å²) in [6.45, 7) is 0.649. The van der Waals surface area contributed by atoms with Crippen molar-refractivity contribution in [2.24, 2.45) is 0 Å². The normalized spacial score (nSPS) is 10.3. The molecule has 0 aliphatic heterocycles. The number of nitrogens with one attached hydrogen (secondary N) is 1. The first-order chi connectivity index (χ1) is 9.27. The van der Waals surface area contributed by atoms with Crippen molar-refractivity contribution in [1.29, 1.82) is 0 Å². The van der Waals surface area contributed by atoms with Gasteiger partial charge in [-0.2, -0.15) is 0 Å². The molecule has 0 amide bonds. The fraction of sp³-hybridized carbons (Fsp3) is 0.273. The van der Waals surface area contributed by atoms with Gasteiger partial charge in [0.25, 0.3) is 0 Å². The lowest BCUT2D eigenvalue weighted by molar-refractivity contribution is -0.384. The van der Waals surface area contributed by atoms with Gasteiger partial charge < -0.3 is 5.32 Å². The number of hydrogen-bond donors (Lipinski definition) is 1. The monoisotopic (exact) mass is 296 g/mol. The van der Waals surface area contributed by atoms with Crippen LogP contribution in [-0.2, 0) is 0 Å². The van der Waals surface area contributed by atoms with Crippen molar-refractivity contribution in [2.45, 2.75) is 10.8 Å². The van der Waals surface area contributed by atoms with Crippen LogP contribution in [0.2, 0.25) is 0 Å². The summed E-state index contributed by atoms with van der Waals surface area (Å²) in [5.74, 6) is 1.24. The maximum absolute atomic E-state index is 10.8. The Balaban J connectivity index is 1.75. The molecule has 6 nitrogen and oxygen atoms in total. The van der Waals surface area contributed by atoms with Gasteiger partial charge in [-0.05, 0) is 12.5 Å². The molecule has 8 heteroatoms. The lowest BCUT2D eigenvalue weighted by atomic mass is 10.4. The fourth-order valence-electron chi connectivity index (χ4n) is 1.40. The Morgan fingerprint density at radius 2 is 2.32 bits per heavy atom. The predicted octanol–water partition coefficient (Wildman–Crippen LogP) is 3.04. The van der Waals surface area contributed by atoms with Gasteiger partial charge in [0.1, 0.15) is 4.34 Å². The molecule has 2 rings (SSSR count). The van der Waals surface area contributed by atoms with Crippen LogP contribution in [-0.4, -0.2) is 27.2 Å². The number of rotatable bonds is 7. The van der Waals surface area contributed by atoms with Crippen LogP contribution >= 0.6 is 23.1 Å². The van der Waals surface area contributed by atoms with Gasteiger partial charge in [-0.25, -0.2) is 9.97 Å². The lowest BCUT2D eigenvalue weighted by Gasteiger charge is -2.04. The topological polar surface area (TPSA) is 81.0 Å². The molecule has 0 aliphatic rings. The minimum absolute atomic E-state index is 0.00933. The van der Waals surface area contributed by atoms with Crippen LogP contribution in [0.15, 0.2) is 34.2 Å². The smallest absolute Gasteiger partial charge is 0.311 e. The SMILES string of the molecule is O=[N+]([O-])c1cccnc1NCCCSc1nccs1. The van der Waals surface area contributed by atoms with Crippen LogP contribution < -0.4 is 5.32 Å². The molecular weight excluding hydrogens is 284 g/mol. The summed E-state index contributed by atoms with van der Waals surface area (Å²) in [6, 6.07) is 3.00. The van der Waals surface area contributed by atoms with Crippen molar-refractivity contribution in [3.8, 4) is 0 Å². The van der Waals surface area contributed by atoms with Crippen molar-refractivity contribution < 1.29 is 4.92 Å². The first-order valence-corrected chi connectivity index (χ1v) is 7.49. The van der Waals surface area contributed by atoms with E-state index in [1.807, 2.05) is 5.38 Å². The van der Waals surface area contributed by atoms with Gasteiger partial charge in [0, 0.05) is 36.1 Å². The maximum atomic E-state index is 10.8. The molecule has 0 saturated carbocycles. The Labute approximate surface area is 118 Å². The van der Waals surface area contributed by atoms with E-state index in [1.54, 1.807) is 41.6 Å². The predicted molar refractivity (Wildman–Crippen MR) is 76.8 cm³/mol. The van der Waals surface area contributed by atoms with Crippen molar-refractivity contribution in [1.82, 2.24) is 9.97 Å². The van der Waals surface area contributed by atoms with Crippen LogP contribution in [0.3, 0.4) is 0 Å². The highest BCUT2D eigenvalue weighted by atomic mass is 32.2. The summed E-state index contributed by atoms with van der Waals surface area (Å²) < 4.78 is 1.05. The Morgan fingerprint density at radius 1 is 1.42 bits per heavy atom. The Morgan fingerprint density at radius 3 is 3.05 bits per heavy atom. The number of anilines is 1. The van der Waals surface area contributed by atoms with E-state index >= 15 is 0 Å². The molecule has 0 unspecified atom stereocenters. The summed E-state index contributed by atoms with van der Waals surface area (Å²) in [6.07, 6.45) is 4.21. The first kappa shape index (κ1) is 13.8. The second-order valence-corrected chi connectivity index (χ2v) is 5.79. The van der Waals surface area contributed by atoms with Crippen LogP contribution in [0, 0.1) is 10.1 Å². The summed E-state index contributed by atoms with van der Waals surface area (Å²) in [4.78, 5) is 18.5. The molecule has 0 fully saturated rings. The van der Waals surface area contributed by atoms with Gasteiger partial charge in [-0.3, -0.25) is 10.1 Å². The molecule has 100 valence electrons. The van der Waals surface area contributed by atoms with Gasteiger partial charge >= 0.3 is 5.69 Å². The molecule has 0 aromatic carbocycles. The third-order valence-corrected chi connectivity index (χ3v) is 4.28. The maximum Gasteiger partial charge on any atom is 0.311 e. The third-order valence-electron chi connectivity index (χ3n) is 2.23. The number of aromatic nitrogens is 2. The zero-order valence-corrected chi connectivity index (χ0v) is 11.6. The highest BCUT2D eigenvalue weighted by molar-refractivity contribution is 8.00. The summed E-state index contributed by atoms with van der Waals surface area (Å²) >= 11 is 3.30. The van der Waals surface area contributed by atoms with Crippen LogP contribution in [0.4, 0.5) is 11.5 Å². The fourth-order valence-corrected chi connectivity index (χ4v) is 3.05. The summed E-state index contributed by atoms with van der Waals surface area (Å²) in [7, 11) is 0. The molecule has 0 atom stereocenters. The second-order valence-electron chi connectivity index (χ2n) is 3.56. The Bertz CT molecular complexity index is 533. The molecule has 0 radical (unpaired) electrons. The van der Waals surface area contributed by atoms with Gasteiger partial charge in [-0.15, -0.1) is 11.3 Å². The highest BCUT2D eigenvalue weighted by Gasteiger charge is 2.12. The van der Waals surface area contributed by atoms with Crippen LogP contribution in [0.25, 0.3) is 0 Å². The van der Waals surface area contributed by atoms with E-state index in [1.165, 1.54) is 6.07 Å². The van der Waals surface area contributed by atoms with Crippen molar-refractivity contribution in [3.05, 3.63) is 40.0 Å². The molecular formula is C11H12N4O2S2. The Hall–Kier alpha value is -1.67. The van der Waals surface area contributed by atoms with E-state index in [-0.39, 0.29) is 5.69 Å². The molecule has 0 bridgehead atoms. The minimum Gasteiger partial charge on any atom is -0.364 e. The second kappa shape index (κ2) is 7.05. The number of pyridine rings is 1. The summed E-state index contributed by atoms with van der Waals surface area (Å²) in [5, 5.41) is 15.7. The quantitative estimate of drug-likeness (QED) is 0.366. The third kappa shape index (κ3) is 4.18. The van der Waals surface area contributed by atoms with Crippen molar-refractivity contribution in [3.63, 3.8) is 0 Å². The average molecular weight is 296 g/mol. The molecule has 2 aromatic heterocycles. The van der Waals surface area contributed by atoms with Crippen molar-refractivity contribution >= 4 is 34.6 Å². The standard InChI is InChI=1S/C11H12N4O2S2/c16-15(17)9-3-1-4-12-10(9)13-5-2-7-18-11-14-6-8-19-11/h1,3-4,6,8H,2,5,7H2,(H,12,13). The zero-order valence-electron chi connectivity index (χ0n) is 9.98. The molecule has 19 heavy (non-hydrogen) atoms. The molecule has 2 heterocycles. The van der Waals surface area contributed by atoms with Gasteiger partial charge in [0.15, 0.2) is 0 Å². The van der Waals surface area contributed by atoms with E-state index in [2.05, 4.69) is 15.3 Å². The minimum atomic E-state index is -0.431.